The molecule has 4 heteroatoms. The van der Waals surface area contributed by atoms with Gasteiger partial charge in [0.25, 0.3) is 0 Å². The lowest BCUT2D eigenvalue weighted by Crippen LogP contribution is -2.51. The third-order valence-electron chi connectivity index (χ3n) is 5.05. The van der Waals surface area contributed by atoms with E-state index < -0.39 is 0 Å². The van der Waals surface area contributed by atoms with Crippen molar-refractivity contribution < 1.29 is 5.21 Å². The van der Waals surface area contributed by atoms with Gasteiger partial charge in [-0.15, -0.1) is 12.4 Å². The number of hydrogen-bond donors (Lipinski definition) is 1. The Bertz CT molecular complexity index is 314. The zero-order chi connectivity index (χ0) is 11.4. The van der Waals surface area contributed by atoms with Crippen LogP contribution in [0.5, 0.6) is 0 Å². The predicted octanol–water partition coefficient (Wildman–Crippen LogP) is 2.62. The minimum Gasteiger partial charge on any atom is -0.411 e. The highest BCUT2D eigenvalue weighted by atomic mass is 35.5. The molecule has 2 aliphatic rings. The minimum absolute atomic E-state index is 0. The van der Waals surface area contributed by atoms with E-state index in [9.17, 15) is 0 Å². The SMILES string of the molecule is CN(C)C1(C)CC2C(C/C1=N\O)C2(C)C.Cl. The summed E-state index contributed by atoms with van der Waals surface area (Å²) in [5.41, 5.74) is 1.35. The van der Waals surface area contributed by atoms with Crippen molar-refractivity contribution >= 4 is 18.1 Å². The fourth-order valence-corrected chi connectivity index (χ4v) is 3.23. The Morgan fingerprint density at radius 2 is 1.81 bits per heavy atom. The molecule has 0 radical (unpaired) electrons. The molecule has 0 aromatic heterocycles. The van der Waals surface area contributed by atoms with Crippen molar-refractivity contribution in [2.24, 2.45) is 22.4 Å². The number of fused-ring (bicyclic) bond motifs is 1. The first-order valence-corrected chi connectivity index (χ1v) is 5.73. The van der Waals surface area contributed by atoms with Crippen LogP contribution in [-0.2, 0) is 0 Å². The van der Waals surface area contributed by atoms with Crippen LogP contribution in [0, 0.1) is 17.3 Å². The van der Waals surface area contributed by atoms with Crippen molar-refractivity contribution in [1.29, 1.82) is 0 Å². The number of hydrogen-bond acceptors (Lipinski definition) is 3. The monoisotopic (exact) mass is 246 g/mol. The standard InChI is InChI=1S/C12H22N2O.ClH/c1-11(2)8-6-10(13-15)12(3,14(4)5)7-9(8)11;/h8-9,15H,6-7H2,1-5H3;1H/b13-10+;. The van der Waals surface area contributed by atoms with Crippen molar-refractivity contribution in [3.05, 3.63) is 0 Å². The van der Waals surface area contributed by atoms with Gasteiger partial charge in [0.2, 0.25) is 0 Å². The summed E-state index contributed by atoms with van der Waals surface area (Å²) < 4.78 is 0. The van der Waals surface area contributed by atoms with Crippen molar-refractivity contribution in [2.75, 3.05) is 14.1 Å². The second-order valence-corrected chi connectivity index (χ2v) is 6.16. The Balaban J connectivity index is 0.00000128. The quantitative estimate of drug-likeness (QED) is 0.570. The van der Waals surface area contributed by atoms with Crippen LogP contribution in [0.2, 0.25) is 0 Å². The average molecular weight is 247 g/mol. The van der Waals surface area contributed by atoms with Gasteiger partial charge in [0.1, 0.15) is 0 Å². The highest BCUT2D eigenvalue weighted by Crippen LogP contribution is 2.66. The molecule has 3 unspecified atom stereocenters. The first-order chi connectivity index (χ1) is 6.84. The topological polar surface area (TPSA) is 35.8 Å². The third kappa shape index (κ3) is 1.65. The molecule has 0 saturated heterocycles. The zero-order valence-corrected chi connectivity index (χ0v) is 11.6. The van der Waals surface area contributed by atoms with E-state index in [1.54, 1.807) is 0 Å². The van der Waals surface area contributed by atoms with Crippen molar-refractivity contribution in [1.82, 2.24) is 4.90 Å². The Kier molecular flexibility index (Phi) is 3.34. The van der Waals surface area contributed by atoms with Crippen LogP contribution in [0.25, 0.3) is 0 Å². The highest BCUT2D eigenvalue weighted by molar-refractivity contribution is 5.94. The molecule has 0 aromatic carbocycles. The van der Waals surface area contributed by atoms with Crippen molar-refractivity contribution in [2.45, 2.75) is 39.2 Å². The van der Waals surface area contributed by atoms with Crippen molar-refractivity contribution in [3.8, 4) is 0 Å². The lowest BCUT2D eigenvalue weighted by Gasteiger charge is -2.39. The molecule has 0 heterocycles. The zero-order valence-electron chi connectivity index (χ0n) is 10.8. The second kappa shape index (κ2) is 3.88. The molecule has 2 rings (SSSR count). The lowest BCUT2D eigenvalue weighted by atomic mass is 9.80. The molecule has 0 aromatic rings. The summed E-state index contributed by atoms with van der Waals surface area (Å²) in [6, 6.07) is 0. The smallest absolute Gasteiger partial charge is 0.0773 e. The van der Waals surface area contributed by atoms with E-state index in [1.807, 2.05) is 0 Å². The summed E-state index contributed by atoms with van der Waals surface area (Å²) in [6.45, 7) is 6.85. The maximum Gasteiger partial charge on any atom is 0.0773 e. The summed E-state index contributed by atoms with van der Waals surface area (Å²) in [5.74, 6) is 1.53. The first-order valence-electron chi connectivity index (χ1n) is 5.73. The Hall–Kier alpha value is -0.280. The molecule has 0 aliphatic heterocycles. The molecule has 3 nitrogen and oxygen atoms in total. The molecule has 2 fully saturated rings. The van der Waals surface area contributed by atoms with Crippen LogP contribution >= 0.6 is 12.4 Å². The van der Waals surface area contributed by atoms with E-state index in [0.29, 0.717) is 5.41 Å². The summed E-state index contributed by atoms with van der Waals surface area (Å²) in [4.78, 5) is 2.19. The molecule has 1 N–H and O–H groups in total. The molecule has 3 atom stereocenters. The van der Waals surface area contributed by atoms with Crippen LogP contribution in [0.3, 0.4) is 0 Å². The van der Waals surface area contributed by atoms with E-state index in [2.05, 4.69) is 44.9 Å². The van der Waals surface area contributed by atoms with E-state index in [0.717, 1.165) is 30.4 Å². The fourth-order valence-electron chi connectivity index (χ4n) is 3.23. The number of oxime groups is 1. The maximum absolute atomic E-state index is 9.14. The number of halogens is 1. The van der Waals surface area contributed by atoms with Crippen LogP contribution in [0.15, 0.2) is 5.16 Å². The Morgan fingerprint density at radius 3 is 2.25 bits per heavy atom. The van der Waals surface area contributed by atoms with Gasteiger partial charge in [-0.05, 0) is 51.1 Å². The molecule has 0 spiro atoms. The molecular weight excluding hydrogens is 224 g/mol. The normalized spacial score (nSPS) is 42.8. The van der Waals surface area contributed by atoms with E-state index in [1.165, 1.54) is 0 Å². The van der Waals surface area contributed by atoms with Crippen LogP contribution in [0.1, 0.15) is 33.6 Å². The average Bonchev–Trinajstić information content (AvgIpc) is 2.66. The molecule has 16 heavy (non-hydrogen) atoms. The van der Waals surface area contributed by atoms with Gasteiger partial charge in [-0.1, -0.05) is 19.0 Å². The predicted molar refractivity (Wildman–Crippen MR) is 68.6 cm³/mol. The van der Waals surface area contributed by atoms with Gasteiger partial charge in [-0.2, -0.15) is 0 Å². The summed E-state index contributed by atoms with van der Waals surface area (Å²) >= 11 is 0. The summed E-state index contributed by atoms with van der Waals surface area (Å²) in [6.07, 6.45) is 2.08. The van der Waals surface area contributed by atoms with Gasteiger partial charge in [0.15, 0.2) is 0 Å². The van der Waals surface area contributed by atoms with E-state index >= 15 is 0 Å². The Labute approximate surface area is 104 Å². The lowest BCUT2D eigenvalue weighted by molar-refractivity contribution is 0.197. The summed E-state index contributed by atoms with van der Waals surface area (Å²) in [7, 11) is 4.14. The fraction of sp³-hybridized carbons (Fsp3) is 0.917. The largest absolute Gasteiger partial charge is 0.411 e. The van der Waals surface area contributed by atoms with Crippen molar-refractivity contribution in [3.63, 3.8) is 0 Å². The summed E-state index contributed by atoms with van der Waals surface area (Å²) in [5, 5.41) is 12.7. The molecular formula is C12H23ClN2O. The first kappa shape index (κ1) is 13.8. The second-order valence-electron chi connectivity index (χ2n) is 6.16. The van der Waals surface area contributed by atoms with Gasteiger partial charge >= 0.3 is 0 Å². The van der Waals surface area contributed by atoms with Gasteiger partial charge in [0.05, 0.1) is 11.3 Å². The maximum atomic E-state index is 9.14. The van der Waals surface area contributed by atoms with Crippen LogP contribution in [0.4, 0.5) is 0 Å². The Morgan fingerprint density at radius 1 is 1.25 bits per heavy atom. The highest BCUT2D eigenvalue weighted by Gasteiger charge is 2.63. The van der Waals surface area contributed by atoms with Gasteiger partial charge in [-0.25, -0.2) is 0 Å². The van der Waals surface area contributed by atoms with Crippen LogP contribution < -0.4 is 0 Å². The van der Waals surface area contributed by atoms with E-state index in [-0.39, 0.29) is 17.9 Å². The minimum atomic E-state index is -0.0519. The molecule has 0 bridgehead atoms. The third-order valence-corrected chi connectivity index (χ3v) is 5.05. The van der Waals surface area contributed by atoms with Gasteiger partial charge < -0.3 is 5.21 Å². The number of rotatable bonds is 1. The molecule has 2 saturated carbocycles. The van der Waals surface area contributed by atoms with Crippen LogP contribution in [-0.4, -0.2) is 35.5 Å². The van der Waals surface area contributed by atoms with Gasteiger partial charge in [0, 0.05) is 0 Å². The van der Waals surface area contributed by atoms with Gasteiger partial charge in [-0.3, -0.25) is 4.90 Å². The van der Waals surface area contributed by atoms with E-state index in [4.69, 9.17) is 5.21 Å². The molecule has 2 aliphatic carbocycles. The molecule has 94 valence electrons. The molecule has 0 amide bonds. The number of nitrogens with zero attached hydrogens (tertiary/aromatic N) is 2.